The smallest absolute Gasteiger partial charge is 0.251 e. The SMILES string of the molecule is Cc1cc(C)n(C[C@@H](C)CNC(=O)c2ccc(OCc3nccn3C)cc2)n1. The average molecular weight is 381 g/mol. The summed E-state index contributed by atoms with van der Waals surface area (Å²) >= 11 is 0. The summed E-state index contributed by atoms with van der Waals surface area (Å²) in [4.78, 5) is 16.6. The maximum Gasteiger partial charge on any atom is 0.251 e. The fraction of sp³-hybridized carbons (Fsp3) is 0.381. The van der Waals surface area contributed by atoms with Gasteiger partial charge in [0.1, 0.15) is 18.2 Å². The minimum atomic E-state index is -0.0872. The second kappa shape index (κ2) is 8.73. The van der Waals surface area contributed by atoms with Gasteiger partial charge in [-0.15, -0.1) is 0 Å². The van der Waals surface area contributed by atoms with Gasteiger partial charge in [-0.05, 0) is 50.1 Å². The van der Waals surface area contributed by atoms with E-state index in [0.717, 1.165) is 23.8 Å². The maximum absolute atomic E-state index is 12.4. The number of hydrogen-bond donors (Lipinski definition) is 1. The van der Waals surface area contributed by atoms with Gasteiger partial charge in [0.05, 0.1) is 5.69 Å². The number of amides is 1. The van der Waals surface area contributed by atoms with Crippen LogP contribution in [0.15, 0.2) is 42.7 Å². The first-order chi connectivity index (χ1) is 13.4. The molecule has 0 unspecified atom stereocenters. The van der Waals surface area contributed by atoms with E-state index < -0.39 is 0 Å². The predicted molar refractivity (Wildman–Crippen MR) is 107 cm³/mol. The summed E-state index contributed by atoms with van der Waals surface area (Å²) in [6.45, 7) is 7.89. The average Bonchev–Trinajstić information content (AvgIpc) is 3.22. The summed E-state index contributed by atoms with van der Waals surface area (Å²) in [6.07, 6.45) is 3.62. The fourth-order valence-electron chi connectivity index (χ4n) is 2.97. The Morgan fingerprint density at radius 1 is 1.25 bits per heavy atom. The van der Waals surface area contributed by atoms with E-state index in [4.69, 9.17) is 4.74 Å². The Balaban J connectivity index is 1.47. The molecule has 3 rings (SSSR count). The fourth-order valence-corrected chi connectivity index (χ4v) is 2.97. The van der Waals surface area contributed by atoms with Crippen LogP contribution in [0.1, 0.15) is 34.5 Å². The summed E-state index contributed by atoms with van der Waals surface area (Å²) in [5.41, 5.74) is 2.76. The van der Waals surface area contributed by atoms with Gasteiger partial charge in [-0.1, -0.05) is 6.92 Å². The largest absolute Gasteiger partial charge is 0.486 e. The number of aromatic nitrogens is 4. The summed E-state index contributed by atoms with van der Waals surface area (Å²) in [5.74, 6) is 1.74. The van der Waals surface area contributed by atoms with E-state index in [-0.39, 0.29) is 11.8 Å². The highest BCUT2D eigenvalue weighted by molar-refractivity contribution is 5.94. The molecule has 2 heterocycles. The number of nitrogens with one attached hydrogen (secondary N) is 1. The first kappa shape index (κ1) is 19.7. The molecule has 1 atom stereocenters. The van der Waals surface area contributed by atoms with E-state index in [9.17, 15) is 4.79 Å². The van der Waals surface area contributed by atoms with Crippen molar-refractivity contribution < 1.29 is 9.53 Å². The van der Waals surface area contributed by atoms with Crippen LogP contribution in [-0.4, -0.2) is 31.8 Å². The van der Waals surface area contributed by atoms with Gasteiger partial charge in [0.25, 0.3) is 5.91 Å². The third-order valence-corrected chi connectivity index (χ3v) is 4.60. The number of nitrogens with zero attached hydrogens (tertiary/aromatic N) is 4. The maximum atomic E-state index is 12.4. The Labute approximate surface area is 165 Å². The number of ether oxygens (including phenoxy) is 1. The first-order valence-corrected chi connectivity index (χ1v) is 9.40. The summed E-state index contributed by atoms with van der Waals surface area (Å²) in [5, 5.41) is 7.46. The molecule has 2 aromatic heterocycles. The molecule has 0 radical (unpaired) electrons. The lowest BCUT2D eigenvalue weighted by Gasteiger charge is -2.14. The van der Waals surface area contributed by atoms with Crippen LogP contribution < -0.4 is 10.1 Å². The summed E-state index contributed by atoms with van der Waals surface area (Å²) in [7, 11) is 1.93. The van der Waals surface area contributed by atoms with Crippen molar-refractivity contribution in [3.63, 3.8) is 0 Å². The molecule has 0 aliphatic rings. The van der Waals surface area contributed by atoms with Gasteiger partial charge >= 0.3 is 0 Å². The van der Waals surface area contributed by atoms with Gasteiger partial charge in [0.15, 0.2) is 0 Å². The van der Waals surface area contributed by atoms with Gasteiger partial charge in [0.2, 0.25) is 0 Å². The first-order valence-electron chi connectivity index (χ1n) is 9.40. The van der Waals surface area contributed by atoms with Crippen LogP contribution in [0.25, 0.3) is 0 Å². The van der Waals surface area contributed by atoms with E-state index in [1.807, 2.05) is 36.3 Å². The van der Waals surface area contributed by atoms with Crippen molar-refractivity contribution in [2.45, 2.75) is 33.9 Å². The van der Waals surface area contributed by atoms with Crippen molar-refractivity contribution in [3.05, 3.63) is 65.5 Å². The Morgan fingerprint density at radius 3 is 2.61 bits per heavy atom. The van der Waals surface area contributed by atoms with Crippen molar-refractivity contribution in [1.29, 1.82) is 0 Å². The summed E-state index contributed by atoms with van der Waals surface area (Å²) < 4.78 is 9.62. The van der Waals surface area contributed by atoms with E-state index >= 15 is 0 Å². The van der Waals surface area contributed by atoms with Crippen molar-refractivity contribution in [1.82, 2.24) is 24.6 Å². The third kappa shape index (κ3) is 5.00. The third-order valence-electron chi connectivity index (χ3n) is 4.60. The Hall–Kier alpha value is -3.09. The van der Waals surface area contributed by atoms with Crippen LogP contribution in [0.2, 0.25) is 0 Å². The highest BCUT2D eigenvalue weighted by atomic mass is 16.5. The van der Waals surface area contributed by atoms with E-state index in [2.05, 4.69) is 28.4 Å². The van der Waals surface area contributed by atoms with E-state index in [0.29, 0.717) is 24.5 Å². The highest BCUT2D eigenvalue weighted by Crippen LogP contribution is 2.14. The predicted octanol–water partition coefficient (Wildman–Crippen LogP) is 2.88. The molecule has 0 spiro atoms. The zero-order chi connectivity index (χ0) is 20.1. The molecular formula is C21H27N5O2. The van der Waals surface area contributed by atoms with Crippen molar-refractivity contribution >= 4 is 5.91 Å². The van der Waals surface area contributed by atoms with E-state index in [1.54, 1.807) is 30.5 Å². The van der Waals surface area contributed by atoms with Gasteiger partial charge in [-0.2, -0.15) is 5.10 Å². The molecule has 28 heavy (non-hydrogen) atoms. The lowest BCUT2D eigenvalue weighted by Crippen LogP contribution is -2.30. The minimum Gasteiger partial charge on any atom is -0.486 e. The topological polar surface area (TPSA) is 74.0 Å². The zero-order valence-electron chi connectivity index (χ0n) is 16.8. The second-order valence-corrected chi connectivity index (χ2v) is 7.19. The van der Waals surface area contributed by atoms with E-state index in [1.165, 1.54) is 0 Å². The lowest BCUT2D eigenvalue weighted by molar-refractivity contribution is 0.0946. The van der Waals surface area contributed by atoms with Crippen molar-refractivity contribution in [2.75, 3.05) is 6.54 Å². The molecule has 0 saturated heterocycles. The van der Waals surface area contributed by atoms with Crippen LogP contribution in [-0.2, 0) is 20.2 Å². The number of rotatable bonds is 8. The molecule has 0 fully saturated rings. The van der Waals surface area contributed by atoms with Gasteiger partial charge in [-0.25, -0.2) is 4.98 Å². The molecule has 1 aromatic carbocycles. The number of imidazole rings is 1. The Morgan fingerprint density at radius 2 is 2.00 bits per heavy atom. The molecule has 0 saturated carbocycles. The van der Waals surface area contributed by atoms with Crippen LogP contribution in [0, 0.1) is 19.8 Å². The monoisotopic (exact) mass is 381 g/mol. The molecule has 0 bridgehead atoms. The lowest BCUT2D eigenvalue weighted by atomic mass is 10.1. The molecule has 148 valence electrons. The molecule has 3 aromatic rings. The van der Waals surface area contributed by atoms with Crippen LogP contribution in [0.4, 0.5) is 0 Å². The highest BCUT2D eigenvalue weighted by Gasteiger charge is 2.11. The quantitative estimate of drug-likeness (QED) is 0.651. The molecule has 7 heteroatoms. The normalized spacial score (nSPS) is 12.0. The number of aryl methyl sites for hydroxylation is 3. The van der Waals surface area contributed by atoms with Crippen LogP contribution in [0.3, 0.4) is 0 Å². The molecule has 0 aliphatic carbocycles. The number of carbonyl (C=O) groups excluding carboxylic acids is 1. The van der Waals surface area contributed by atoms with Crippen molar-refractivity contribution in [2.24, 2.45) is 13.0 Å². The number of carbonyl (C=O) groups is 1. The molecule has 1 amide bonds. The van der Waals surface area contributed by atoms with Crippen LogP contribution >= 0.6 is 0 Å². The second-order valence-electron chi connectivity index (χ2n) is 7.19. The zero-order valence-corrected chi connectivity index (χ0v) is 16.8. The van der Waals surface area contributed by atoms with Gasteiger partial charge in [0, 0.05) is 43.8 Å². The van der Waals surface area contributed by atoms with Gasteiger partial charge < -0.3 is 14.6 Å². The molecule has 7 nitrogen and oxygen atoms in total. The molecule has 1 N–H and O–H groups in total. The summed E-state index contributed by atoms with van der Waals surface area (Å²) in [6, 6.07) is 9.21. The number of benzene rings is 1. The molecule has 0 aliphatic heterocycles. The number of hydrogen-bond acceptors (Lipinski definition) is 4. The Kier molecular flexibility index (Phi) is 6.13. The molecular weight excluding hydrogens is 354 g/mol. The minimum absolute atomic E-state index is 0.0872. The van der Waals surface area contributed by atoms with Crippen LogP contribution in [0.5, 0.6) is 5.75 Å². The standard InChI is InChI=1S/C21H27N5O2/c1-15(13-26-17(3)11-16(2)24-26)12-23-21(27)18-5-7-19(8-6-18)28-14-20-22-9-10-25(20)4/h5-11,15H,12-14H2,1-4H3,(H,23,27)/t15-/m0/s1. The van der Waals surface area contributed by atoms with Gasteiger partial charge in [-0.3, -0.25) is 9.48 Å². The Bertz CT molecular complexity index is 927. The van der Waals surface area contributed by atoms with Crippen molar-refractivity contribution in [3.8, 4) is 5.75 Å².